The lowest BCUT2D eigenvalue weighted by Crippen LogP contribution is -2.49. The molecule has 0 aliphatic heterocycles. The minimum atomic E-state index is -0.897. The number of thioether (sulfide) groups is 1. The molecule has 0 radical (unpaired) electrons. The number of carbonyl (C=O) groups is 1. The molecule has 6 nitrogen and oxygen atoms in total. The molecule has 0 fully saturated rings. The Balaban J connectivity index is 2.24. The quantitative estimate of drug-likeness (QED) is 0.558. The second-order valence-corrected chi connectivity index (χ2v) is 5.74. The van der Waals surface area contributed by atoms with Gasteiger partial charge < -0.3 is 16.0 Å². The van der Waals surface area contributed by atoms with Crippen LogP contribution in [0.1, 0.15) is 32.0 Å². The molecular formula is C11H21N5OS. The van der Waals surface area contributed by atoms with Gasteiger partial charge in [0.05, 0.1) is 5.54 Å². The molecule has 102 valence electrons. The Labute approximate surface area is 112 Å². The second kappa shape index (κ2) is 6.19. The van der Waals surface area contributed by atoms with Crippen molar-refractivity contribution in [1.82, 2.24) is 14.8 Å². The molecule has 0 aliphatic rings. The van der Waals surface area contributed by atoms with Gasteiger partial charge in [-0.05, 0) is 26.7 Å². The number of hydrogen-bond donors (Lipinski definition) is 2. The number of unbranched alkanes of at least 4 members (excludes halogenated alkanes) is 1. The summed E-state index contributed by atoms with van der Waals surface area (Å²) in [5.41, 5.74) is 10.1. The number of rotatable bonds is 7. The van der Waals surface area contributed by atoms with Crippen LogP contribution in [0.3, 0.4) is 0 Å². The van der Waals surface area contributed by atoms with Crippen LogP contribution in [0.2, 0.25) is 0 Å². The van der Waals surface area contributed by atoms with E-state index in [-0.39, 0.29) is 0 Å². The second-order valence-electron chi connectivity index (χ2n) is 4.68. The van der Waals surface area contributed by atoms with Gasteiger partial charge in [0.25, 0.3) is 0 Å². The van der Waals surface area contributed by atoms with E-state index in [0.29, 0.717) is 6.42 Å². The largest absolute Gasteiger partial charge is 0.368 e. The zero-order valence-electron chi connectivity index (χ0n) is 11.1. The first-order valence-electron chi connectivity index (χ1n) is 5.92. The van der Waals surface area contributed by atoms with Gasteiger partial charge >= 0.3 is 0 Å². The van der Waals surface area contributed by atoms with E-state index >= 15 is 0 Å². The van der Waals surface area contributed by atoms with E-state index in [4.69, 9.17) is 11.5 Å². The number of primary amides is 1. The standard InChI is InChI=1S/C11H21N5OS/c1-8-14-15-10(16(8)3)18-7-5-4-6-11(2,13)9(12)17/h4-7,13H2,1-3H3,(H2,12,17). The highest BCUT2D eigenvalue weighted by molar-refractivity contribution is 7.99. The van der Waals surface area contributed by atoms with Crippen molar-refractivity contribution in [2.75, 3.05) is 5.75 Å². The van der Waals surface area contributed by atoms with Gasteiger partial charge in [0.2, 0.25) is 5.91 Å². The highest BCUT2D eigenvalue weighted by Crippen LogP contribution is 2.18. The van der Waals surface area contributed by atoms with Crippen LogP contribution in [-0.2, 0) is 11.8 Å². The van der Waals surface area contributed by atoms with Crippen LogP contribution in [0, 0.1) is 6.92 Å². The van der Waals surface area contributed by atoms with E-state index in [1.807, 2.05) is 18.5 Å². The fourth-order valence-electron chi connectivity index (χ4n) is 1.39. The summed E-state index contributed by atoms with van der Waals surface area (Å²) in [5.74, 6) is 1.39. The van der Waals surface area contributed by atoms with Crippen LogP contribution in [-0.4, -0.2) is 32.0 Å². The zero-order valence-corrected chi connectivity index (χ0v) is 12.0. The van der Waals surface area contributed by atoms with Gasteiger partial charge in [-0.1, -0.05) is 18.2 Å². The molecule has 0 bridgehead atoms. The summed E-state index contributed by atoms with van der Waals surface area (Å²) in [7, 11) is 1.95. The Bertz CT molecular complexity index is 416. The topological polar surface area (TPSA) is 99.8 Å². The molecule has 7 heteroatoms. The van der Waals surface area contributed by atoms with Gasteiger partial charge in [-0.25, -0.2) is 0 Å². The summed E-state index contributed by atoms with van der Waals surface area (Å²) in [6.07, 6.45) is 2.46. The van der Waals surface area contributed by atoms with Gasteiger partial charge in [-0.2, -0.15) is 0 Å². The van der Waals surface area contributed by atoms with Gasteiger partial charge in [-0.3, -0.25) is 4.79 Å². The maximum Gasteiger partial charge on any atom is 0.237 e. The minimum Gasteiger partial charge on any atom is -0.368 e. The molecule has 1 unspecified atom stereocenters. The highest BCUT2D eigenvalue weighted by atomic mass is 32.2. The summed E-state index contributed by atoms with van der Waals surface area (Å²) >= 11 is 1.66. The molecule has 1 heterocycles. The molecule has 0 aliphatic carbocycles. The fraction of sp³-hybridized carbons (Fsp3) is 0.727. The molecule has 1 aromatic rings. The van der Waals surface area contributed by atoms with Crippen molar-refractivity contribution in [3.8, 4) is 0 Å². The third kappa shape index (κ3) is 3.99. The molecule has 0 saturated carbocycles. The van der Waals surface area contributed by atoms with Crippen molar-refractivity contribution in [2.45, 2.75) is 43.8 Å². The third-order valence-corrected chi connectivity index (χ3v) is 4.04. The lowest BCUT2D eigenvalue weighted by Gasteiger charge is -2.19. The van der Waals surface area contributed by atoms with E-state index in [1.54, 1.807) is 18.7 Å². The first kappa shape index (κ1) is 15.0. The van der Waals surface area contributed by atoms with Crippen LogP contribution < -0.4 is 11.5 Å². The fourth-order valence-corrected chi connectivity index (χ4v) is 2.35. The number of nitrogens with zero attached hydrogens (tertiary/aromatic N) is 3. The molecule has 0 aromatic carbocycles. The van der Waals surface area contributed by atoms with E-state index in [9.17, 15) is 4.79 Å². The summed E-state index contributed by atoms with van der Waals surface area (Å²) < 4.78 is 1.96. The van der Waals surface area contributed by atoms with E-state index in [2.05, 4.69) is 10.2 Å². The van der Waals surface area contributed by atoms with Crippen molar-refractivity contribution in [1.29, 1.82) is 0 Å². The maximum absolute atomic E-state index is 11.0. The monoisotopic (exact) mass is 271 g/mol. The molecular weight excluding hydrogens is 250 g/mol. The molecule has 4 N–H and O–H groups in total. The van der Waals surface area contributed by atoms with Crippen LogP contribution >= 0.6 is 11.8 Å². The highest BCUT2D eigenvalue weighted by Gasteiger charge is 2.24. The number of carbonyl (C=O) groups excluding carboxylic acids is 1. The zero-order chi connectivity index (χ0) is 13.8. The van der Waals surface area contributed by atoms with Crippen molar-refractivity contribution >= 4 is 17.7 Å². The molecule has 18 heavy (non-hydrogen) atoms. The molecule has 1 aromatic heterocycles. The summed E-state index contributed by atoms with van der Waals surface area (Å²) in [6.45, 7) is 3.60. The average molecular weight is 271 g/mol. The lowest BCUT2D eigenvalue weighted by molar-refractivity contribution is -0.122. The van der Waals surface area contributed by atoms with Gasteiger partial charge in [0.1, 0.15) is 5.82 Å². The van der Waals surface area contributed by atoms with Crippen LogP contribution in [0.25, 0.3) is 0 Å². The Morgan fingerprint density at radius 1 is 1.44 bits per heavy atom. The Morgan fingerprint density at radius 2 is 2.11 bits per heavy atom. The number of aromatic nitrogens is 3. The molecule has 1 rings (SSSR count). The van der Waals surface area contributed by atoms with Crippen molar-refractivity contribution in [3.05, 3.63) is 5.82 Å². The number of aryl methyl sites for hydroxylation is 1. The van der Waals surface area contributed by atoms with E-state index in [1.165, 1.54) is 0 Å². The molecule has 0 spiro atoms. The van der Waals surface area contributed by atoms with Gasteiger partial charge in [0, 0.05) is 12.8 Å². The van der Waals surface area contributed by atoms with Crippen molar-refractivity contribution < 1.29 is 4.79 Å². The molecule has 1 amide bonds. The Hall–Kier alpha value is -1.08. The van der Waals surface area contributed by atoms with Gasteiger partial charge in [-0.15, -0.1) is 10.2 Å². The summed E-state index contributed by atoms with van der Waals surface area (Å²) in [4.78, 5) is 11.0. The van der Waals surface area contributed by atoms with Crippen molar-refractivity contribution in [3.63, 3.8) is 0 Å². The minimum absolute atomic E-state index is 0.445. The molecule has 1 atom stereocenters. The Kier molecular flexibility index (Phi) is 5.15. The van der Waals surface area contributed by atoms with E-state index < -0.39 is 11.4 Å². The smallest absolute Gasteiger partial charge is 0.237 e. The van der Waals surface area contributed by atoms with Crippen LogP contribution in [0.4, 0.5) is 0 Å². The normalized spacial score (nSPS) is 14.4. The van der Waals surface area contributed by atoms with Crippen LogP contribution in [0.15, 0.2) is 5.16 Å². The first-order valence-corrected chi connectivity index (χ1v) is 6.91. The van der Waals surface area contributed by atoms with E-state index in [0.717, 1.165) is 29.6 Å². The lowest BCUT2D eigenvalue weighted by atomic mass is 9.96. The Morgan fingerprint density at radius 3 is 2.61 bits per heavy atom. The predicted molar refractivity (Wildman–Crippen MR) is 72.1 cm³/mol. The SMILES string of the molecule is Cc1nnc(SCCCCC(C)(N)C(N)=O)n1C. The van der Waals surface area contributed by atoms with Crippen molar-refractivity contribution in [2.24, 2.45) is 18.5 Å². The van der Waals surface area contributed by atoms with Gasteiger partial charge in [0.15, 0.2) is 5.16 Å². The number of amides is 1. The predicted octanol–water partition coefficient (Wildman–Crippen LogP) is 0.589. The number of hydrogen-bond acceptors (Lipinski definition) is 5. The van der Waals surface area contributed by atoms with Crippen LogP contribution in [0.5, 0.6) is 0 Å². The average Bonchev–Trinajstić information content (AvgIpc) is 2.60. The molecule has 0 saturated heterocycles. The summed E-state index contributed by atoms with van der Waals surface area (Å²) in [5, 5.41) is 8.97. The maximum atomic E-state index is 11.0. The summed E-state index contributed by atoms with van der Waals surface area (Å²) in [6, 6.07) is 0. The third-order valence-electron chi connectivity index (χ3n) is 2.94. The first-order chi connectivity index (χ1) is 8.34. The number of nitrogens with two attached hydrogens (primary N) is 2.